The van der Waals surface area contributed by atoms with E-state index >= 15 is 0 Å². The summed E-state index contributed by atoms with van der Waals surface area (Å²) in [4.78, 5) is 13.9. The normalized spacial score (nSPS) is 14.8. The molecule has 4 rings (SSSR count). The van der Waals surface area contributed by atoms with Gasteiger partial charge >= 0.3 is 0 Å². The van der Waals surface area contributed by atoms with Gasteiger partial charge in [0.1, 0.15) is 0 Å². The number of aryl methyl sites for hydroxylation is 1. The van der Waals surface area contributed by atoms with Crippen molar-refractivity contribution in [3.8, 4) is 22.9 Å². The molecule has 1 atom stereocenters. The van der Waals surface area contributed by atoms with E-state index in [2.05, 4.69) is 11.2 Å². The third-order valence-corrected chi connectivity index (χ3v) is 6.50. The summed E-state index contributed by atoms with van der Waals surface area (Å²) in [5.74, 6) is 0. The van der Waals surface area contributed by atoms with Crippen LogP contribution in [0.4, 0.5) is 0 Å². The summed E-state index contributed by atoms with van der Waals surface area (Å²) in [6.07, 6.45) is 2.30. The van der Waals surface area contributed by atoms with E-state index in [0.717, 1.165) is 34.7 Å². The first kappa shape index (κ1) is 16.6. The molecule has 26 heavy (non-hydrogen) atoms. The first-order chi connectivity index (χ1) is 12.6. The molecule has 0 unspecified atom stereocenters. The monoisotopic (exact) mass is 362 g/mol. The van der Waals surface area contributed by atoms with Crippen molar-refractivity contribution in [1.29, 1.82) is 10.0 Å². The molecule has 0 amide bonds. The highest BCUT2D eigenvalue weighted by Crippen LogP contribution is 2.31. The SMILES string of the molecule is Cc1[nH]n(-c2ccc([S@](=N)C3CC3)cc2)c(=O)c1-c1ccc(C#N)cc1. The van der Waals surface area contributed by atoms with Gasteiger partial charge in [-0.3, -0.25) is 14.7 Å². The quantitative estimate of drug-likeness (QED) is 0.737. The van der Waals surface area contributed by atoms with Crippen molar-refractivity contribution >= 4 is 10.7 Å². The largest absolute Gasteiger partial charge is 0.295 e. The van der Waals surface area contributed by atoms with Gasteiger partial charge in [0.15, 0.2) is 0 Å². The lowest BCUT2D eigenvalue weighted by Gasteiger charge is -2.06. The summed E-state index contributed by atoms with van der Waals surface area (Å²) in [7, 11) is -0.450. The second-order valence-electron chi connectivity index (χ2n) is 6.47. The van der Waals surface area contributed by atoms with Gasteiger partial charge in [0, 0.05) is 15.8 Å². The van der Waals surface area contributed by atoms with Gasteiger partial charge in [0.25, 0.3) is 5.56 Å². The fourth-order valence-electron chi connectivity index (χ4n) is 3.02. The molecule has 0 spiro atoms. The van der Waals surface area contributed by atoms with Gasteiger partial charge in [-0.2, -0.15) is 5.26 Å². The summed E-state index contributed by atoms with van der Waals surface area (Å²) >= 11 is 0. The van der Waals surface area contributed by atoms with Crippen molar-refractivity contribution in [3.63, 3.8) is 0 Å². The van der Waals surface area contributed by atoms with Crippen LogP contribution < -0.4 is 5.56 Å². The first-order valence-corrected chi connectivity index (χ1v) is 9.74. The van der Waals surface area contributed by atoms with E-state index in [1.165, 1.54) is 4.68 Å². The molecule has 1 aromatic heterocycles. The lowest BCUT2D eigenvalue weighted by Crippen LogP contribution is -2.15. The van der Waals surface area contributed by atoms with Crippen molar-refractivity contribution in [2.75, 3.05) is 0 Å². The Morgan fingerprint density at radius 3 is 2.38 bits per heavy atom. The van der Waals surface area contributed by atoms with E-state index < -0.39 is 10.7 Å². The Hall–Kier alpha value is -2.91. The zero-order valence-electron chi connectivity index (χ0n) is 14.3. The van der Waals surface area contributed by atoms with Gasteiger partial charge in [-0.25, -0.2) is 4.68 Å². The summed E-state index contributed by atoms with van der Waals surface area (Å²) in [5.41, 5.74) is 3.39. The first-order valence-electron chi connectivity index (χ1n) is 8.45. The van der Waals surface area contributed by atoms with Crippen LogP contribution in [0, 0.1) is 23.0 Å². The topological polar surface area (TPSA) is 85.4 Å². The number of benzene rings is 2. The van der Waals surface area contributed by atoms with Crippen LogP contribution in [0.15, 0.2) is 58.2 Å². The Balaban J connectivity index is 1.70. The average molecular weight is 362 g/mol. The van der Waals surface area contributed by atoms with Crippen molar-refractivity contribution in [3.05, 3.63) is 70.1 Å². The predicted octanol–water partition coefficient (Wildman–Crippen LogP) is 3.91. The fraction of sp³-hybridized carbons (Fsp3) is 0.200. The van der Waals surface area contributed by atoms with Crippen LogP contribution in [0.1, 0.15) is 24.1 Å². The third-order valence-electron chi connectivity index (χ3n) is 4.58. The van der Waals surface area contributed by atoms with E-state index in [4.69, 9.17) is 10.0 Å². The van der Waals surface area contributed by atoms with Gasteiger partial charge in [0.2, 0.25) is 0 Å². The van der Waals surface area contributed by atoms with Crippen LogP contribution >= 0.6 is 0 Å². The number of aromatic amines is 1. The number of hydrogen-bond acceptors (Lipinski definition) is 3. The van der Waals surface area contributed by atoms with E-state index in [1.54, 1.807) is 24.3 Å². The summed E-state index contributed by atoms with van der Waals surface area (Å²) in [6, 6.07) is 16.8. The van der Waals surface area contributed by atoms with E-state index in [1.807, 2.05) is 31.2 Å². The van der Waals surface area contributed by atoms with Crippen LogP contribution in [-0.4, -0.2) is 15.0 Å². The van der Waals surface area contributed by atoms with Crippen LogP contribution in [0.25, 0.3) is 16.8 Å². The van der Waals surface area contributed by atoms with E-state index in [-0.39, 0.29) is 5.56 Å². The molecule has 3 aromatic rings. The van der Waals surface area contributed by atoms with Gasteiger partial charge in [0.05, 0.1) is 22.9 Å². The molecular formula is C20H18N4OS. The molecule has 1 fully saturated rings. The van der Waals surface area contributed by atoms with Gasteiger partial charge < -0.3 is 0 Å². The fourth-order valence-corrected chi connectivity index (χ4v) is 4.44. The van der Waals surface area contributed by atoms with Crippen molar-refractivity contribution in [2.24, 2.45) is 0 Å². The summed E-state index contributed by atoms with van der Waals surface area (Å²) < 4.78 is 9.79. The molecule has 2 aromatic carbocycles. The molecule has 0 aliphatic heterocycles. The number of hydrogen-bond donors (Lipinski definition) is 2. The molecule has 1 aliphatic carbocycles. The Bertz CT molecular complexity index is 1080. The Morgan fingerprint density at radius 2 is 1.81 bits per heavy atom. The second kappa shape index (κ2) is 6.43. The molecular weight excluding hydrogens is 344 g/mol. The lowest BCUT2D eigenvalue weighted by molar-refractivity contribution is 0.834. The van der Waals surface area contributed by atoms with Crippen LogP contribution in [0.2, 0.25) is 0 Å². The summed E-state index contributed by atoms with van der Waals surface area (Å²) in [6.45, 7) is 1.87. The Kier molecular flexibility index (Phi) is 4.09. The van der Waals surface area contributed by atoms with Crippen LogP contribution in [-0.2, 0) is 10.7 Å². The maximum Gasteiger partial charge on any atom is 0.279 e. The minimum atomic E-state index is -0.450. The molecule has 1 saturated carbocycles. The van der Waals surface area contributed by atoms with E-state index in [9.17, 15) is 4.79 Å². The summed E-state index contributed by atoms with van der Waals surface area (Å²) in [5, 5.41) is 12.6. The lowest BCUT2D eigenvalue weighted by atomic mass is 10.1. The molecule has 130 valence electrons. The standard InChI is InChI=1S/C20H18N4OS/c1-13-19(15-4-2-14(12-21)3-5-15)20(25)24(23-13)16-6-8-17(9-7-16)26(22)18-10-11-18/h2-9,18,22-23H,10-11H2,1H3/t26-/m0/s1. The minimum Gasteiger partial charge on any atom is -0.295 e. The number of H-pyrrole nitrogens is 1. The maximum atomic E-state index is 12.9. The van der Waals surface area contributed by atoms with Crippen molar-refractivity contribution in [2.45, 2.75) is 29.9 Å². The smallest absolute Gasteiger partial charge is 0.279 e. The van der Waals surface area contributed by atoms with Crippen LogP contribution in [0.5, 0.6) is 0 Å². The molecule has 5 nitrogen and oxygen atoms in total. The zero-order valence-corrected chi connectivity index (χ0v) is 15.1. The second-order valence-corrected chi connectivity index (χ2v) is 8.29. The highest BCUT2D eigenvalue weighted by Gasteiger charge is 2.26. The number of rotatable bonds is 4. The highest BCUT2D eigenvalue weighted by molar-refractivity contribution is 7.87. The molecule has 6 heteroatoms. The molecule has 1 heterocycles. The number of aromatic nitrogens is 2. The predicted molar refractivity (Wildman–Crippen MR) is 103 cm³/mol. The molecule has 2 N–H and O–H groups in total. The average Bonchev–Trinajstić information content (AvgIpc) is 3.47. The van der Waals surface area contributed by atoms with Crippen molar-refractivity contribution < 1.29 is 0 Å². The molecule has 0 saturated heterocycles. The Morgan fingerprint density at radius 1 is 1.15 bits per heavy atom. The molecule has 0 bridgehead atoms. The molecule has 1 aliphatic rings. The van der Waals surface area contributed by atoms with Gasteiger partial charge in [-0.15, -0.1) is 0 Å². The zero-order chi connectivity index (χ0) is 18.3. The number of nitrogens with one attached hydrogen (secondary N) is 2. The molecule has 0 radical (unpaired) electrons. The van der Waals surface area contributed by atoms with E-state index in [0.29, 0.717) is 16.4 Å². The third kappa shape index (κ3) is 2.91. The minimum absolute atomic E-state index is 0.118. The van der Waals surface area contributed by atoms with Crippen molar-refractivity contribution in [1.82, 2.24) is 9.78 Å². The maximum absolute atomic E-state index is 12.9. The number of nitrogens with zero attached hydrogens (tertiary/aromatic N) is 2. The van der Waals surface area contributed by atoms with Gasteiger partial charge in [-0.1, -0.05) is 22.8 Å². The number of nitriles is 1. The highest BCUT2D eigenvalue weighted by atomic mass is 32.2. The Labute approximate surface area is 153 Å². The van der Waals surface area contributed by atoms with Crippen LogP contribution in [0.3, 0.4) is 0 Å². The van der Waals surface area contributed by atoms with Gasteiger partial charge in [-0.05, 0) is 61.7 Å².